The molecule has 0 amide bonds. The number of benzene rings is 2. The summed E-state index contributed by atoms with van der Waals surface area (Å²) in [6.07, 6.45) is 11.0. The van der Waals surface area contributed by atoms with Gasteiger partial charge in [0.25, 0.3) is 5.56 Å². The average molecular weight is 428 g/mol. The number of fused-ring (bicyclic) bond motifs is 2. The van der Waals surface area contributed by atoms with Crippen molar-refractivity contribution in [1.29, 1.82) is 0 Å². The van der Waals surface area contributed by atoms with Crippen LogP contribution in [0.5, 0.6) is 0 Å². The lowest BCUT2D eigenvalue weighted by molar-refractivity contribution is 0.104. The van der Waals surface area contributed by atoms with Gasteiger partial charge in [-0.25, -0.2) is 0 Å². The Hall–Kier alpha value is -3.70. The van der Waals surface area contributed by atoms with Crippen molar-refractivity contribution in [3.05, 3.63) is 106 Å². The fraction of sp³-hybridized carbons (Fsp3) is 0.0800. The number of rotatable bonds is 4. The number of hydrogen-bond donors (Lipinski definition) is 2. The summed E-state index contributed by atoms with van der Waals surface area (Å²) in [5.41, 5.74) is 1.60. The summed E-state index contributed by atoms with van der Waals surface area (Å²) >= 11 is 6.23. The van der Waals surface area contributed by atoms with Crippen molar-refractivity contribution in [3.8, 4) is 11.1 Å². The van der Waals surface area contributed by atoms with E-state index in [4.69, 9.17) is 11.6 Å². The maximum Gasteiger partial charge on any atom is 0.260 e. The van der Waals surface area contributed by atoms with E-state index in [2.05, 4.69) is 15.3 Å². The molecule has 1 aliphatic carbocycles. The molecule has 2 heterocycles. The molecular weight excluding hydrogens is 410 g/mol. The first-order valence-electron chi connectivity index (χ1n) is 9.93. The van der Waals surface area contributed by atoms with E-state index in [9.17, 15) is 9.59 Å². The van der Waals surface area contributed by atoms with E-state index in [0.29, 0.717) is 27.3 Å². The maximum absolute atomic E-state index is 13.2. The molecular formula is C25H18ClN3O2. The average Bonchev–Trinajstić information content (AvgIpc) is 3.20. The van der Waals surface area contributed by atoms with Gasteiger partial charge in [0.15, 0.2) is 5.78 Å². The first-order chi connectivity index (χ1) is 15.1. The lowest BCUT2D eigenvalue weighted by atomic mass is 9.94. The SMILES string of the molecule is O=C(/C=C/C1=N[C@H]2C=CC=C[C@@H]2N1)c1c(-c2ccccc2)c2cc(Cl)ccc2[nH]c1=O. The number of nitrogens with zero attached hydrogens (tertiary/aromatic N) is 1. The van der Waals surface area contributed by atoms with Gasteiger partial charge in [0.05, 0.1) is 17.6 Å². The number of H-pyrrole nitrogens is 1. The summed E-state index contributed by atoms with van der Waals surface area (Å²) in [5.74, 6) is 0.216. The summed E-state index contributed by atoms with van der Waals surface area (Å²) in [4.78, 5) is 33.5. The second kappa shape index (κ2) is 7.85. The number of aromatic nitrogens is 1. The molecule has 3 aromatic rings. The minimum absolute atomic E-state index is 0.0193. The number of aromatic amines is 1. The van der Waals surface area contributed by atoms with E-state index in [0.717, 1.165) is 5.56 Å². The van der Waals surface area contributed by atoms with Gasteiger partial charge in [-0.15, -0.1) is 0 Å². The van der Waals surface area contributed by atoms with Gasteiger partial charge in [0.2, 0.25) is 0 Å². The molecule has 2 N–H and O–H groups in total. The molecule has 0 bridgehead atoms. The quantitative estimate of drug-likeness (QED) is 0.477. The van der Waals surface area contributed by atoms with Crippen molar-refractivity contribution in [1.82, 2.24) is 10.3 Å². The lowest BCUT2D eigenvalue weighted by Crippen LogP contribution is -2.32. The Morgan fingerprint density at radius 3 is 2.68 bits per heavy atom. The van der Waals surface area contributed by atoms with Crippen LogP contribution in [0.4, 0.5) is 0 Å². The molecule has 2 aliphatic rings. The zero-order chi connectivity index (χ0) is 21.4. The molecule has 6 heteroatoms. The molecule has 0 unspecified atom stereocenters. The number of halogens is 1. The second-order valence-corrected chi connectivity index (χ2v) is 7.84. The van der Waals surface area contributed by atoms with Crippen molar-refractivity contribution >= 4 is 34.1 Å². The van der Waals surface area contributed by atoms with Crippen molar-refractivity contribution in [2.45, 2.75) is 12.1 Å². The Morgan fingerprint density at radius 2 is 1.87 bits per heavy atom. The van der Waals surface area contributed by atoms with Gasteiger partial charge in [-0.1, -0.05) is 66.2 Å². The number of aliphatic imine (C=N–C) groups is 1. The topological polar surface area (TPSA) is 74.3 Å². The highest BCUT2D eigenvalue weighted by molar-refractivity contribution is 6.31. The van der Waals surface area contributed by atoms with Crippen LogP contribution in [0.15, 0.2) is 94.8 Å². The minimum atomic E-state index is -0.441. The van der Waals surface area contributed by atoms with Crippen LogP contribution in [0.1, 0.15) is 10.4 Å². The molecule has 5 rings (SSSR count). The molecule has 0 fully saturated rings. The number of ketones is 1. The van der Waals surface area contributed by atoms with Crippen LogP contribution in [0.3, 0.4) is 0 Å². The summed E-state index contributed by atoms with van der Waals surface area (Å²) < 4.78 is 0. The molecule has 2 atom stereocenters. The van der Waals surface area contributed by atoms with Crippen LogP contribution in [0.2, 0.25) is 5.02 Å². The molecule has 0 spiro atoms. The molecule has 5 nitrogen and oxygen atoms in total. The Morgan fingerprint density at radius 1 is 1.06 bits per heavy atom. The minimum Gasteiger partial charge on any atom is -0.362 e. The van der Waals surface area contributed by atoms with Gasteiger partial charge in [-0.2, -0.15) is 0 Å². The Balaban J connectivity index is 1.60. The normalized spacial score (nSPS) is 19.5. The summed E-state index contributed by atoms with van der Waals surface area (Å²) in [6.45, 7) is 0. The smallest absolute Gasteiger partial charge is 0.260 e. The molecule has 0 saturated heterocycles. The van der Waals surface area contributed by atoms with Crippen LogP contribution in [-0.4, -0.2) is 28.7 Å². The van der Waals surface area contributed by atoms with Gasteiger partial charge < -0.3 is 10.3 Å². The number of nitrogens with one attached hydrogen (secondary N) is 2. The van der Waals surface area contributed by atoms with Crippen molar-refractivity contribution in [3.63, 3.8) is 0 Å². The zero-order valence-electron chi connectivity index (χ0n) is 16.4. The van der Waals surface area contributed by atoms with Crippen LogP contribution >= 0.6 is 11.6 Å². The maximum atomic E-state index is 13.2. The largest absolute Gasteiger partial charge is 0.362 e. The number of carbonyl (C=O) groups excluding carboxylic acids is 1. The van der Waals surface area contributed by atoms with Gasteiger partial charge >= 0.3 is 0 Å². The van der Waals surface area contributed by atoms with Crippen molar-refractivity contribution in [2.75, 3.05) is 0 Å². The fourth-order valence-corrected chi connectivity index (χ4v) is 4.13. The predicted molar refractivity (Wildman–Crippen MR) is 125 cm³/mol. The highest BCUT2D eigenvalue weighted by atomic mass is 35.5. The van der Waals surface area contributed by atoms with Gasteiger partial charge in [-0.05, 0) is 35.9 Å². The van der Waals surface area contributed by atoms with Crippen LogP contribution in [0.25, 0.3) is 22.0 Å². The van der Waals surface area contributed by atoms with E-state index in [1.165, 1.54) is 6.08 Å². The molecule has 0 radical (unpaired) electrons. The standard InChI is InChI=1S/C25H18ClN3O2/c26-16-10-11-18-17(14-16)23(15-6-2-1-3-7-15)24(25(31)29-18)21(30)12-13-22-27-19-8-4-5-9-20(19)28-22/h1-14,19-20H,(H,27,28)(H,29,31)/b13-12+/t19-,20-/m0/s1. The highest BCUT2D eigenvalue weighted by Gasteiger charge is 2.25. The number of amidine groups is 1. The number of pyridine rings is 1. The number of carbonyl (C=O) groups is 1. The van der Waals surface area contributed by atoms with Gasteiger partial charge in [0.1, 0.15) is 5.84 Å². The summed E-state index contributed by atoms with van der Waals surface area (Å²) in [5, 5.41) is 4.51. The molecule has 1 aliphatic heterocycles. The Labute approximate surface area is 183 Å². The fourth-order valence-electron chi connectivity index (χ4n) is 3.96. The molecule has 152 valence electrons. The Bertz CT molecular complexity index is 1370. The third-order valence-electron chi connectivity index (χ3n) is 5.39. The molecule has 0 saturated carbocycles. The van der Waals surface area contributed by atoms with Crippen molar-refractivity contribution in [2.24, 2.45) is 4.99 Å². The van der Waals surface area contributed by atoms with Crippen LogP contribution < -0.4 is 10.9 Å². The van der Waals surface area contributed by atoms with Crippen molar-refractivity contribution < 1.29 is 4.79 Å². The molecule has 31 heavy (non-hydrogen) atoms. The van der Waals surface area contributed by atoms with E-state index in [1.807, 2.05) is 54.6 Å². The number of hydrogen-bond acceptors (Lipinski definition) is 4. The van der Waals surface area contributed by atoms with E-state index in [-0.39, 0.29) is 17.6 Å². The van der Waals surface area contributed by atoms with Crippen LogP contribution in [0, 0.1) is 0 Å². The summed E-state index contributed by atoms with van der Waals surface area (Å²) in [7, 11) is 0. The van der Waals surface area contributed by atoms with E-state index in [1.54, 1.807) is 24.3 Å². The predicted octanol–water partition coefficient (Wildman–Crippen LogP) is 4.45. The molecule has 2 aromatic carbocycles. The zero-order valence-corrected chi connectivity index (χ0v) is 17.1. The second-order valence-electron chi connectivity index (χ2n) is 7.40. The van der Waals surface area contributed by atoms with E-state index < -0.39 is 11.3 Å². The first kappa shape index (κ1) is 19.3. The summed E-state index contributed by atoms with van der Waals surface area (Å²) in [6, 6.07) is 14.7. The van der Waals surface area contributed by atoms with Crippen LogP contribution in [-0.2, 0) is 0 Å². The highest BCUT2D eigenvalue weighted by Crippen LogP contribution is 2.31. The third kappa shape index (κ3) is 3.64. The van der Waals surface area contributed by atoms with E-state index >= 15 is 0 Å². The van der Waals surface area contributed by atoms with Gasteiger partial charge in [-0.3, -0.25) is 14.6 Å². The molecule has 1 aromatic heterocycles. The Kier molecular flexibility index (Phi) is 4.88. The third-order valence-corrected chi connectivity index (χ3v) is 5.62. The monoisotopic (exact) mass is 427 g/mol. The lowest BCUT2D eigenvalue weighted by Gasteiger charge is -2.13. The van der Waals surface area contributed by atoms with Gasteiger partial charge in [0, 0.05) is 21.5 Å². The first-order valence-corrected chi connectivity index (χ1v) is 10.3. The number of allylic oxidation sites excluding steroid dienone is 3.